The van der Waals surface area contributed by atoms with Gasteiger partial charge in [-0.25, -0.2) is 4.79 Å². The molecule has 0 saturated carbocycles. The van der Waals surface area contributed by atoms with Gasteiger partial charge in [0.05, 0.1) is 0 Å². The van der Waals surface area contributed by atoms with Crippen LogP contribution in [0.15, 0.2) is 0 Å². The Morgan fingerprint density at radius 1 is 1.50 bits per heavy atom. The zero-order valence-electron chi connectivity index (χ0n) is 11.0. The van der Waals surface area contributed by atoms with Crippen LogP contribution in [0, 0.1) is 11.8 Å². The van der Waals surface area contributed by atoms with Crippen LogP contribution >= 0.6 is 0 Å². The van der Waals surface area contributed by atoms with E-state index in [1.54, 1.807) is 11.9 Å². The fourth-order valence-corrected chi connectivity index (χ4v) is 1.71. The Morgan fingerprint density at radius 2 is 2.06 bits per heavy atom. The molecule has 1 amide bonds. The maximum atomic E-state index is 11.7. The van der Waals surface area contributed by atoms with E-state index >= 15 is 0 Å². The summed E-state index contributed by atoms with van der Waals surface area (Å²) in [6.45, 7) is 10.8. The van der Waals surface area contributed by atoms with Gasteiger partial charge in [-0.1, -0.05) is 6.92 Å². The third-order valence-electron chi connectivity index (χ3n) is 2.88. The molecule has 1 unspecified atom stereocenters. The highest BCUT2D eigenvalue weighted by atomic mass is 16.6. The average molecular weight is 228 g/mol. The molecule has 1 heterocycles. The van der Waals surface area contributed by atoms with Crippen molar-refractivity contribution in [3.05, 3.63) is 0 Å². The van der Waals surface area contributed by atoms with E-state index in [1.165, 1.54) is 0 Å². The molecule has 0 aromatic carbocycles. The molecule has 1 aliphatic rings. The largest absolute Gasteiger partial charge is 0.444 e. The average Bonchev–Trinajstić information content (AvgIpc) is 1.96. The van der Waals surface area contributed by atoms with Gasteiger partial charge in [0.15, 0.2) is 0 Å². The summed E-state index contributed by atoms with van der Waals surface area (Å²) in [5.74, 6) is 1.23. The Bertz CT molecular complexity index is 244. The molecule has 1 aliphatic heterocycles. The lowest BCUT2D eigenvalue weighted by Gasteiger charge is -2.35. The molecule has 0 radical (unpaired) electrons. The second-order valence-corrected chi connectivity index (χ2v) is 5.76. The summed E-state index contributed by atoms with van der Waals surface area (Å²) >= 11 is 0. The van der Waals surface area contributed by atoms with Gasteiger partial charge in [0.25, 0.3) is 0 Å². The van der Waals surface area contributed by atoms with Crippen molar-refractivity contribution < 1.29 is 9.53 Å². The van der Waals surface area contributed by atoms with Gasteiger partial charge < -0.3 is 15.0 Å². The Morgan fingerprint density at radius 3 is 2.44 bits per heavy atom. The van der Waals surface area contributed by atoms with Gasteiger partial charge in [-0.3, -0.25) is 0 Å². The SMILES string of the molecule is CC(CN(C)C(=O)OC(C)(C)C)C1CNC1. The van der Waals surface area contributed by atoms with E-state index in [1.807, 2.05) is 20.8 Å². The Kier molecular flexibility index (Phi) is 4.19. The predicted octanol–water partition coefficient (Wildman–Crippen LogP) is 1.71. The van der Waals surface area contributed by atoms with Crippen LogP contribution in [0.1, 0.15) is 27.7 Å². The molecule has 4 nitrogen and oxygen atoms in total. The zero-order valence-corrected chi connectivity index (χ0v) is 11.0. The summed E-state index contributed by atoms with van der Waals surface area (Å²) < 4.78 is 5.30. The topological polar surface area (TPSA) is 41.6 Å². The molecular weight excluding hydrogens is 204 g/mol. The fraction of sp³-hybridized carbons (Fsp3) is 0.917. The van der Waals surface area contributed by atoms with Crippen molar-refractivity contribution in [3.8, 4) is 0 Å². The van der Waals surface area contributed by atoms with Crippen molar-refractivity contribution in [1.82, 2.24) is 10.2 Å². The molecule has 0 bridgehead atoms. The van der Waals surface area contributed by atoms with Crippen LogP contribution in [-0.2, 0) is 4.74 Å². The first-order valence-electron chi connectivity index (χ1n) is 5.94. The molecular formula is C12H24N2O2. The molecule has 1 fully saturated rings. The first-order valence-corrected chi connectivity index (χ1v) is 5.94. The van der Waals surface area contributed by atoms with E-state index in [4.69, 9.17) is 4.74 Å². The number of hydrogen-bond donors (Lipinski definition) is 1. The van der Waals surface area contributed by atoms with Gasteiger partial charge in [-0.15, -0.1) is 0 Å². The molecule has 16 heavy (non-hydrogen) atoms. The number of amides is 1. The van der Waals surface area contributed by atoms with Gasteiger partial charge in [0, 0.05) is 13.6 Å². The first-order chi connectivity index (χ1) is 7.29. The van der Waals surface area contributed by atoms with Crippen LogP contribution in [0.25, 0.3) is 0 Å². The highest BCUT2D eigenvalue weighted by Gasteiger charge is 2.27. The van der Waals surface area contributed by atoms with E-state index in [0.717, 1.165) is 19.6 Å². The molecule has 0 aromatic heterocycles. The summed E-state index contributed by atoms with van der Waals surface area (Å²) in [5.41, 5.74) is -0.410. The number of rotatable bonds is 3. The highest BCUT2D eigenvalue weighted by molar-refractivity contribution is 5.67. The van der Waals surface area contributed by atoms with Gasteiger partial charge in [-0.2, -0.15) is 0 Å². The van der Waals surface area contributed by atoms with E-state index in [9.17, 15) is 4.79 Å². The van der Waals surface area contributed by atoms with Crippen molar-refractivity contribution in [3.63, 3.8) is 0 Å². The normalized spacial score (nSPS) is 18.8. The fourth-order valence-electron chi connectivity index (χ4n) is 1.71. The molecule has 0 spiro atoms. The number of carbonyl (C=O) groups excluding carboxylic acids is 1. The molecule has 1 rings (SSSR count). The Balaban J connectivity index is 2.33. The standard InChI is InChI=1S/C12H24N2O2/c1-9(10-6-13-7-10)8-14(5)11(15)16-12(2,3)4/h9-10,13H,6-8H2,1-5H3. The number of nitrogens with one attached hydrogen (secondary N) is 1. The predicted molar refractivity (Wildman–Crippen MR) is 64.4 cm³/mol. The van der Waals surface area contributed by atoms with E-state index in [2.05, 4.69) is 12.2 Å². The minimum atomic E-state index is -0.410. The molecule has 0 aliphatic carbocycles. The van der Waals surface area contributed by atoms with E-state index in [-0.39, 0.29) is 6.09 Å². The smallest absolute Gasteiger partial charge is 0.410 e. The minimum Gasteiger partial charge on any atom is -0.444 e. The van der Waals surface area contributed by atoms with Gasteiger partial charge in [0.2, 0.25) is 0 Å². The number of ether oxygens (including phenoxy) is 1. The quantitative estimate of drug-likeness (QED) is 0.799. The number of hydrogen-bond acceptors (Lipinski definition) is 3. The second-order valence-electron chi connectivity index (χ2n) is 5.76. The molecule has 94 valence electrons. The van der Waals surface area contributed by atoms with E-state index in [0.29, 0.717) is 11.8 Å². The van der Waals surface area contributed by atoms with E-state index < -0.39 is 5.60 Å². The minimum absolute atomic E-state index is 0.230. The zero-order chi connectivity index (χ0) is 12.3. The number of carbonyl (C=O) groups is 1. The number of nitrogens with zero attached hydrogens (tertiary/aromatic N) is 1. The lowest BCUT2D eigenvalue weighted by Crippen LogP contribution is -2.48. The summed E-state index contributed by atoms with van der Waals surface area (Å²) in [6, 6.07) is 0. The van der Waals surface area contributed by atoms with Crippen LogP contribution in [0.4, 0.5) is 4.79 Å². The second kappa shape index (κ2) is 5.04. The van der Waals surface area contributed by atoms with Crippen LogP contribution in [-0.4, -0.2) is 43.3 Å². The summed E-state index contributed by atoms with van der Waals surface area (Å²) in [5, 5.41) is 3.25. The van der Waals surface area contributed by atoms with Crippen LogP contribution in [0.2, 0.25) is 0 Å². The highest BCUT2D eigenvalue weighted by Crippen LogP contribution is 2.17. The Hall–Kier alpha value is -0.770. The summed E-state index contributed by atoms with van der Waals surface area (Å²) in [4.78, 5) is 13.4. The summed E-state index contributed by atoms with van der Waals surface area (Å²) in [6.07, 6.45) is -0.230. The van der Waals surface area contributed by atoms with Crippen molar-refractivity contribution >= 4 is 6.09 Å². The van der Waals surface area contributed by atoms with Crippen LogP contribution in [0.5, 0.6) is 0 Å². The molecule has 1 atom stereocenters. The van der Waals surface area contributed by atoms with Crippen molar-refractivity contribution in [1.29, 1.82) is 0 Å². The maximum absolute atomic E-state index is 11.7. The molecule has 0 aromatic rings. The van der Waals surface area contributed by atoms with Crippen molar-refractivity contribution in [2.24, 2.45) is 11.8 Å². The van der Waals surface area contributed by atoms with Crippen molar-refractivity contribution in [2.45, 2.75) is 33.3 Å². The van der Waals surface area contributed by atoms with Gasteiger partial charge in [-0.05, 0) is 45.7 Å². The van der Waals surface area contributed by atoms with Crippen LogP contribution < -0.4 is 5.32 Å². The molecule has 1 N–H and O–H groups in total. The van der Waals surface area contributed by atoms with Gasteiger partial charge >= 0.3 is 6.09 Å². The third-order valence-corrected chi connectivity index (χ3v) is 2.88. The molecule has 1 saturated heterocycles. The maximum Gasteiger partial charge on any atom is 0.410 e. The molecule has 4 heteroatoms. The van der Waals surface area contributed by atoms with Gasteiger partial charge in [0.1, 0.15) is 5.60 Å². The lowest BCUT2D eigenvalue weighted by atomic mass is 9.89. The van der Waals surface area contributed by atoms with Crippen molar-refractivity contribution in [2.75, 3.05) is 26.7 Å². The first kappa shape index (κ1) is 13.3. The summed E-state index contributed by atoms with van der Waals surface area (Å²) in [7, 11) is 1.80. The van der Waals surface area contributed by atoms with Crippen LogP contribution in [0.3, 0.4) is 0 Å². The Labute approximate surface area is 98.3 Å². The third kappa shape index (κ3) is 4.00. The lowest BCUT2D eigenvalue weighted by molar-refractivity contribution is 0.0251. The monoisotopic (exact) mass is 228 g/mol.